The molecule has 0 fully saturated rings. The zero-order valence-electron chi connectivity index (χ0n) is 26.0. The minimum atomic E-state index is -4.19. The topological polar surface area (TPSA) is 105 Å². The van der Waals surface area contributed by atoms with Crippen LogP contribution in [0.1, 0.15) is 31.4 Å². The summed E-state index contributed by atoms with van der Waals surface area (Å²) in [6.07, 6.45) is 0.731. The number of sulfonamides is 1. The average molecular weight is 630 g/mol. The van der Waals surface area contributed by atoms with Gasteiger partial charge in [0.1, 0.15) is 29.8 Å². The molecule has 0 aromatic heterocycles. The maximum atomic E-state index is 14.1. The number of aryl methyl sites for hydroxylation is 1. The third kappa shape index (κ3) is 8.63. The molecule has 45 heavy (non-hydrogen) atoms. The molecule has 0 aliphatic carbocycles. The van der Waals surface area contributed by atoms with Gasteiger partial charge >= 0.3 is 0 Å². The maximum absolute atomic E-state index is 14.1. The SMILES string of the molecule is CCCNC(=O)[C@H](C)N(Cc1cccc(OC)c1)C(=O)CN(c1ccc(Oc2ccccc2)cc1)S(=O)(=O)c1ccc(C)cc1. The van der Waals surface area contributed by atoms with Gasteiger partial charge < -0.3 is 19.7 Å². The van der Waals surface area contributed by atoms with Crippen LogP contribution in [0.4, 0.5) is 5.69 Å². The normalized spacial score (nSPS) is 11.7. The second kappa shape index (κ2) is 15.3. The van der Waals surface area contributed by atoms with E-state index in [4.69, 9.17) is 9.47 Å². The van der Waals surface area contributed by atoms with Crippen molar-refractivity contribution < 1.29 is 27.5 Å². The molecule has 4 aromatic carbocycles. The van der Waals surface area contributed by atoms with Gasteiger partial charge in [0.05, 0.1) is 17.7 Å². The number of methoxy groups -OCH3 is 1. The van der Waals surface area contributed by atoms with Gasteiger partial charge in [0.15, 0.2) is 0 Å². The molecule has 0 unspecified atom stereocenters. The second-order valence-corrected chi connectivity index (χ2v) is 12.4. The number of nitrogens with one attached hydrogen (secondary N) is 1. The van der Waals surface area contributed by atoms with Gasteiger partial charge in [0, 0.05) is 13.1 Å². The number of carbonyl (C=O) groups excluding carboxylic acids is 2. The highest BCUT2D eigenvalue weighted by molar-refractivity contribution is 7.92. The first kappa shape index (κ1) is 33.1. The molecule has 0 spiro atoms. The molecule has 9 nitrogen and oxygen atoms in total. The predicted octanol–water partition coefficient (Wildman–Crippen LogP) is 5.93. The third-order valence-electron chi connectivity index (χ3n) is 7.20. The van der Waals surface area contributed by atoms with E-state index in [1.165, 1.54) is 17.0 Å². The molecule has 1 atom stereocenters. The molecule has 2 amide bonds. The average Bonchev–Trinajstić information content (AvgIpc) is 3.05. The summed E-state index contributed by atoms with van der Waals surface area (Å²) in [6.45, 7) is 5.43. The van der Waals surface area contributed by atoms with Crippen molar-refractivity contribution in [3.63, 3.8) is 0 Å². The Hall–Kier alpha value is -4.83. The number of anilines is 1. The van der Waals surface area contributed by atoms with Crippen LogP contribution in [0.25, 0.3) is 0 Å². The first-order valence-electron chi connectivity index (χ1n) is 14.7. The van der Waals surface area contributed by atoms with E-state index < -0.39 is 28.5 Å². The van der Waals surface area contributed by atoms with Gasteiger partial charge in [-0.3, -0.25) is 13.9 Å². The van der Waals surface area contributed by atoms with E-state index in [1.54, 1.807) is 68.6 Å². The highest BCUT2D eigenvalue weighted by Gasteiger charge is 2.32. The fourth-order valence-electron chi connectivity index (χ4n) is 4.62. The summed E-state index contributed by atoms with van der Waals surface area (Å²) < 4.78 is 40.5. The number of ether oxygens (including phenoxy) is 2. The molecule has 10 heteroatoms. The molecular formula is C35H39N3O6S. The van der Waals surface area contributed by atoms with E-state index >= 15 is 0 Å². The molecule has 4 aromatic rings. The molecule has 0 heterocycles. The number of benzene rings is 4. The highest BCUT2D eigenvalue weighted by atomic mass is 32.2. The minimum Gasteiger partial charge on any atom is -0.497 e. The molecular weight excluding hydrogens is 590 g/mol. The van der Waals surface area contributed by atoms with Gasteiger partial charge in [0.25, 0.3) is 10.0 Å². The van der Waals surface area contributed by atoms with Crippen molar-refractivity contribution in [2.24, 2.45) is 0 Å². The Kier molecular flexibility index (Phi) is 11.2. The number of amides is 2. The molecule has 1 N–H and O–H groups in total. The Bertz CT molecular complexity index is 1680. The van der Waals surface area contributed by atoms with Gasteiger partial charge in [-0.25, -0.2) is 8.42 Å². The van der Waals surface area contributed by atoms with Crippen molar-refractivity contribution in [3.8, 4) is 17.2 Å². The van der Waals surface area contributed by atoms with Crippen molar-refractivity contribution in [1.29, 1.82) is 0 Å². The molecule has 0 aliphatic heterocycles. The lowest BCUT2D eigenvalue weighted by Crippen LogP contribution is -2.51. The van der Waals surface area contributed by atoms with E-state index in [-0.39, 0.29) is 23.0 Å². The number of rotatable bonds is 14. The van der Waals surface area contributed by atoms with Crippen LogP contribution in [0.3, 0.4) is 0 Å². The number of hydrogen-bond donors (Lipinski definition) is 1. The number of hydrogen-bond acceptors (Lipinski definition) is 6. The van der Waals surface area contributed by atoms with Crippen LogP contribution in [0.5, 0.6) is 17.2 Å². The molecule has 0 saturated carbocycles. The number of carbonyl (C=O) groups is 2. The molecule has 0 saturated heterocycles. The van der Waals surface area contributed by atoms with Gasteiger partial charge in [-0.05, 0) is 86.5 Å². The van der Waals surface area contributed by atoms with Crippen molar-refractivity contribution in [2.45, 2.75) is 44.7 Å². The summed E-state index contributed by atoms with van der Waals surface area (Å²) >= 11 is 0. The van der Waals surface area contributed by atoms with Crippen LogP contribution >= 0.6 is 0 Å². The van der Waals surface area contributed by atoms with Crippen molar-refractivity contribution in [1.82, 2.24) is 10.2 Å². The molecule has 236 valence electrons. The number of para-hydroxylation sites is 1. The Balaban J connectivity index is 1.70. The van der Waals surface area contributed by atoms with Crippen LogP contribution in [0.15, 0.2) is 108 Å². The second-order valence-electron chi connectivity index (χ2n) is 10.6. The lowest BCUT2D eigenvalue weighted by Gasteiger charge is -2.32. The van der Waals surface area contributed by atoms with E-state index in [0.29, 0.717) is 23.8 Å². The lowest BCUT2D eigenvalue weighted by atomic mass is 10.1. The third-order valence-corrected chi connectivity index (χ3v) is 8.98. The highest BCUT2D eigenvalue weighted by Crippen LogP contribution is 2.29. The summed E-state index contributed by atoms with van der Waals surface area (Å²) in [5.74, 6) is 0.864. The zero-order chi connectivity index (χ0) is 32.4. The zero-order valence-corrected chi connectivity index (χ0v) is 26.8. The Morgan fingerprint density at radius 2 is 1.49 bits per heavy atom. The van der Waals surface area contributed by atoms with Gasteiger partial charge in [-0.15, -0.1) is 0 Å². The summed E-state index contributed by atoms with van der Waals surface area (Å²) in [5, 5.41) is 2.85. The Labute approximate surface area is 265 Å². The van der Waals surface area contributed by atoms with Gasteiger partial charge in [0.2, 0.25) is 11.8 Å². The van der Waals surface area contributed by atoms with Crippen LogP contribution in [-0.2, 0) is 26.2 Å². The Morgan fingerprint density at radius 3 is 2.13 bits per heavy atom. The van der Waals surface area contributed by atoms with E-state index in [1.807, 2.05) is 50.2 Å². The fraction of sp³-hybridized carbons (Fsp3) is 0.257. The van der Waals surface area contributed by atoms with Crippen LogP contribution in [0, 0.1) is 6.92 Å². The Morgan fingerprint density at radius 1 is 0.844 bits per heavy atom. The monoisotopic (exact) mass is 629 g/mol. The van der Waals surface area contributed by atoms with Crippen LogP contribution < -0.4 is 19.1 Å². The van der Waals surface area contributed by atoms with Crippen molar-refractivity contribution in [3.05, 3.63) is 114 Å². The van der Waals surface area contributed by atoms with Crippen molar-refractivity contribution >= 4 is 27.5 Å². The number of nitrogens with zero attached hydrogens (tertiary/aromatic N) is 2. The largest absolute Gasteiger partial charge is 0.497 e. The summed E-state index contributed by atoms with van der Waals surface area (Å²) in [6, 6.07) is 28.5. The molecule has 4 rings (SSSR count). The molecule has 0 radical (unpaired) electrons. The van der Waals surface area contributed by atoms with E-state index in [9.17, 15) is 18.0 Å². The lowest BCUT2D eigenvalue weighted by molar-refractivity contribution is -0.139. The van der Waals surface area contributed by atoms with Crippen molar-refractivity contribution in [2.75, 3.05) is 24.5 Å². The smallest absolute Gasteiger partial charge is 0.264 e. The first-order valence-corrected chi connectivity index (χ1v) is 16.2. The minimum absolute atomic E-state index is 0.0404. The van der Waals surface area contributed by atoms with E-state index in [2.05, 4.69) is 5.32 Å². The molecule has 0 bridgehead atoms. The van der Waals surface area contributed by atoms with Crippen LogP contribution in [0.2, 0.25) is 0 Å². The van der Waals surface area contributed by atoms with Crippen LogP contribution in [-0.4, -0.2) is 51.4 Å². The first-order chi connectivity index (χ1) is 21.6. The maximum Gasteiger partial charge on any atom is 0.264 e. The quantitative estimate of drug-likeness (QED) is 0.185. The van der Waals surface area contributed by atoms with E-state index in [0.717, 1.165) is 21.9 Å². The summed E-state index contributed by atoms with van der Waals surface area (Å²) in [4.78, 5) is 28.6. The molecule has 0 aliphatic rings. The summed E-state index contributed by atoms with van der Waals surface area (Å²) in [7, 11) is -2.64. The van der Waals surface area contributed by atoms with Gasteiger partial charge in [-0.1, -0.05) is 55.0 Å². The standard InChI is InChI=1S/C35H39N3O6S/c1-5-22-36-35(40)27(3)37(24-28-10-9-13-32(23-28)43-4)34(39)25-38(45(41,42)33-20-14-26(2)15-21-33)29-16-18-31(19-17-29)44-30-11-7-6-8-12-30/h6-21,23,27H,5,22,24-25H2,1-4H3,(H,36,40)/t27-/m0/s1. The fourth-order valence-corrected chi connectivity index (χ4v) is 6.03. The predicted molar refractivity (Wildman–Crippen MR) is 175 cm³/mol. The summed E-state index contributed by atoms with van der Waals surface area (Å²) in [5.41, 5.74) is 1.90. The van der Waals surface area contributed by atoms with Gasteiger partial charge in [-0.2, -0.15) is 0 Å².